The van der Waals surface area contributed by atoms with Crippen LogP contribution in [-0.4, -0.2) is 88.3 Å². The number of likely N-dealkylation sites (tertiary alicyclic amines) is 1. The molecule has 0 unspecified atom stereocenters. The Labute approximate surface area is 236 Å². The van der Waals surface area contributed by atoms with E-state index >= 15 is 0 Å². The number of ether oxygens (including phenoxy) is 2. The molecule has 0 bridgehead atoms. The molecule has 1 saturated heterocycles. The second-order valence-corrected chi connectivity index (χ2v) is 12.7. The van der Waals surface area contributed by atoms with Gasteiger partial charge in [-0.1, -0.05) is 32.0 Å². The Balaban J connectivity index is 1.68. The van der Waals surface area contributed by atoms with Crippen molar-refractivity contribution in [2.24, 2.45) is 5.92 Å². The standard InChI is InChI=1S/C29H44N4O7/c1-17(2)23(30-26(37)40-28(3,4)5)24(34)33-16-21(13-22(33)25(35)36)39-27(38)32-14-18-10-11-20(12-19(18)15-32)29(6,7)31(8)9/h10-12,17,21-23H,13-16H2,1-9H3,(H,30,37)(H,35,36)/t21-,22+,23+/m1/s1. The monoisotopic (exact) mass is 560 g/mol. The zero-order valence-electron chi connectivity index (χ0n) is 25.1. The smallest absolute Gasteiger partial charge is 0.410 e. The van der Waals surface area contributed by atoms with E-state index in [1.807, 2.05) is 20.2 Å². The van der Waals surface area contributed by atoms with Gasteiger partial charge in [-0.05, 0) is 71.3 Å². The Morgan fingerprint density at radius 3 is 2.23 bits per heavy atom. The topological polar surface area (TPSA) is 129 Å². The third-order valence-corrected chi connectivity index (χ3v) is 7.71. The van der Waals surface area contributed by atoms with Gasteiger partial charge in [0.1, 0.15) is 23.8 Å². The van der Waals surface area contributed by atoms with E-state index in [9.17, 15) is 24.3 Å². The van der Waals surface area contributed by atoms with Gasteiger partial charge >= 0.3 is 18.2 Å². The molecule has 2 N–H and O–H groups in total. The molecule has 11 heteroatoms. The Hall–Kier alpha value is -3.34. The molecule has 0 saturated carbocycles. The first kappa shape index (κ1) is 31.2. The first-order valence-corrected chi connectivity index (χ1v) is 13.7. The summed E-state index contributed by atoms with van der Waals surface area (Å²) in [6.07, 6.45) is -2.15. The predicted octanol–water partition coefficient (Wildman–Crippen LogP) is 3.54. The number of carboxylic acid groups (broad SMARTS) is 1. The summed E-state index contributed by atoms with van der Waals surface area (Å²) in [4.78, 5) is 55.9. The van der Waals surface area contributed by atoms with Crippen molar-refractivity contribution in [2.45, 2.75) is 97.3 Å². The number of carbonyl (C=O) groups is 4. The number of carbonyl (C=O) groups excluding carboxylic acids is 3. The third-order valence-electron chi connectivity index (χ3n) is 7.71. The molecule has 2 aliphatic rings. The van der Waals surface area contributed by atoms with Crippen molar-refractivity contribution in [3.63, 3.8) is 0 Å². The third kappa shape index (κ3) is 7.04. The molecule has 1 fully saturated rings. The number of rotatable bonds is 7. The van der Waals surface area contributed by atoms with Crippen molar-refractivity contribution in [2.75, 3.05) is 20.6 Å². The average Bonchev–Trinajstić information content (AvgIpc) is 3.44. The van der Waals surface area contributed by atoms with Crippen LogP contribution in [0.5, 0.6) is 0 Å². The molecular weight excluding hydrogens is 516 g/mol. The van der Waals surface area contributed by atoms with Crippen molar-refractivity contribution in [1.82, 2.24) is 20.0 Å². The lowest BCUT2D eigenvalue weighted by molar-refractivity contribution is -0.149. The number of aliphatic carboxylic acids is 1. The number of alkyl carbamates (subject to hydrolysis) is 1. The molecule has 40 heavy (non-hydrogen) atoms. The van der Waals surface area contributed by atoms with E-state index in [-0.39, 0.29) is 24.4 Å². The Bertz CT molecular complexity index is 1140. The van der Waals surface area contributed by atoms with Crippen LogP contribution in [-0.2, 0) is 37.7 Å². The van der Waals surface area contributed by atoms with E-state index < -0.39 is 47.9 Å². The Morgan fingerprint density at radius 1 is 1.05 bits per heavy atom. The lowest BCUT2D eigenvalue weighted by Gasteiger charge is -2.33. The maximum atomic E-state index is 13.4. The van der Waals surface area contributed by atoms with Crippen LogP contribution in [0.1, 0.15) is 71.6 Å². The maximum Gasteiger partial charge on any atom is 0.410 e. The summed E-state index contributed by atoms with van der Waals surface area (Å²) < 4.78 is 11.0. The molecular formula is C29H44N4O7. The number of nitrogens with one attached hydrogen (secondary N) is 1. The molecule has 3 atom stereocenters. The molecule has 2 aliphatic heterocycles. The zero-order valence-corrected chi connectivity index (χ0v) is 25.1. The van der Waals surface area contributed by atoms with Gasteiger partial charge in [-0.3, -0.25) is 9.69 Å². The van der Waals surface area contributed by atoms with Crippen molar-refractivity contribution >= 4 is 24.1 Å². The van der Waals surface area contributed by atoms with Crippen LogP contribution in [0.3, 0.4) is 0 Å². The summed E-state index contributed by atoms with van der Waals surface area (Å²) in [6.45, 7) is 13.6. The Kier molecular flexibility index (Phi) is 9.08. The summed E-state index contributed by atoms with van der Waals surface area (Å²) >= 11 is 0. The summed E-state index contributed by atoms with van der Waals surface area (Å²) in [5.74, 6) is -2.09. The van der Waals surface area contributed by atoms with Crippen molar-refractivity contribution < 1.29 is 33.8 Å². The molecule has 1 aromatic rings. The zero-order chi connectivity index (χ0) is 30.2. The van der Waals surface area contributed by atoms with Crippen LogP contribution < -0.4 is 5.32 Å². The van der Waals surface area contributed by atoms with Crippen LogP contribution >= 0.6 is 0 Å². The number of nitrogens with zero attached hydrogens (tertiary/aromatic N) is 3. The van der Waals surface area contributed by atoms with E-state index in [4.69, 9.17) is 9.47 Å². The summed E-state index contributed by atoms with van der Waals surface area (Å²) in [5.41, 5.74) is 2.28. The van der Waals surface area contributed by atoms with Gasteiger partial charge in [0.25, 0.3) is 0 Å². The molecule has 11 nitrogen and oxygen atoms in total. The number of benzene rings is 1. The van der Waals surface area contributed by atoms with Crippen LogP contribution in [0.2, 0.25) is 0 Å². The van der Waals surface area contributed by atoms with Gasteiger partial charge in [-0.15, -0.1) is 0 Å². The first-order valence-electron chi connectivity index (χ1n) is 13.7. The Morgan fingerprint density at radius 2 is 1.68 bits per heavy atom. The van der Waals surface area contributed by atoms with Crippen molar-refractivity contribution in [1.29, 1.82) is 0 Å². The molecule has 3 rings (SSSR count). The first-order chi connectivity index (χ1) is 18.4. The molecule has 1 aromatic carbocycles. The molecule has 0 aliphatic carbocycles. The minimum absolute atomic E-state index is 0.0357. The second-order valence-electron chi connectivity index (χ2n) is 12.7. The fourth-order valence-corrected chi connectivity index (χ4v) is 4.87. The molecule has 2 heterocycles. The van der Waals surface area contributed by atoms with E-state index in [1.165, 1.54) is 4.90 Å². The van der Waals surface area contributed by atoms with Crippen molar-refractivity contribution in [3.8, 4) is 0 Å². The quantitative estimate of drug-likeness (QED) is 0.518. The fraction of sp³-hybridized carbons (Fsp3) is 0.655. The number of hydrogen-bond acceptors (Lipinski definition) is 7. The highest BCUT2D eigenvalue weighted by atomic mass is 16.6. The lowest BCUT2D eigenvalue weighted by Crippen LogP contribution is -2.54. The molecule has 222 valence electrons. The highest BCUT2D eigenvalue weighted by Crippen LogP contribution is 2.32. The summed E-state index contributed by atoms with van der Waals surface area (Å²) in [7, 11) is 4.04. The van der Waals surface area contributed by atoms with Gasteiger partial charge in [-0.25, -0.2) is 14.4 Å². The second kappa shape index (κ2) is 11.6. The molecule has 0 radical (unpaired) electrons. The molecule has 3 amide bonds. The van der Waals surface area contributed by atoms with E-state index in [0.29, 0.717) is 13.1 Å². The highest BCUT2D eigenvalue weighted by molar-refractivity contribution is 5.90. The van der Waals surface area contributed by atoms with Crippen LogP contribution in [0.25, 0.3) is 0 Å². The summed E-state index contributed by atoms with van der Waals surface area (Å²) in [5, 5.41) is 12.4. The SMILES string of the molecule is CC(C)[C@H](NC(=O)OC(C)(C)C)C(=O)N1C[C@H](OC(=O)N2Cc3ccc(C(C)(C)N(C)C)cc3C2)C[C@H]1C(=O)O. The van der Waals surface area contributed by atoms with Gasteiger partial charge < -0.3 is 29.7 Å². The largest absolute Gasteiger partial charge is 0.480 e. The van der Waals surface area contributed by atoms with Gasteiger partial charge in [0, 0.05) is 25.0 Å². The van der Waals surface area contributed by atoms with Gasteiger partial charge in [0.15, 0.2) is 0 Å². The normalized spacial score (nSPS) is 20.0. The van der Waals surface area contributed by atoms with Crippen LogP contribution in [0.4, 0.5) is 9.59 Å². The average molecular weight is 561 g/mol. The van der Waals surface area contributed by atoms with E-state index in [1.54, 1.807) is 39.5 Å². The molecule has 0 spiro atoms. The van der Waals surface area contributed by atoms with Gasteiger partial charge in [-0.2, -0.15) is 0 Å². The van der Waals surface area contributed by atoms with Gasteiger partial charge in [0.2, 0.25) is 5.91 Å². The number of hydrogen-bond donors (Lipinski definition) is 2. The highest BCUT2D eigenvalue weighted by Gasteiger charge is 2.45. The van der Waals surface area contributed by atoms with E-state index in [2.05, 4.69) is 36.2 Å². The van der Waals surface area contributed by atoms with Crippen LogP contribution in [0, 0.1) is 5.92 Å². The minimum Gasteiger partial charge on any atom is -0.480 e. The van der Waals surface area contributed by atoms with Crippen LogP contribution in [0.15, 0.2) is 18.2 Å². The maximum absolute atomic E-state index is 13.4. The number of carboxylic acids is 1. The lowest BCUT2D eigenvalue weighted by atomic mass is 9.90. The van der Waals surface area contributed by atoms with E-state index in [0.717, 1.165) is 16.7 Å². The molecule has 0 aromatic heterocycles. The van der Waals surface area contributed by atoms with Gasteiger partial charge in [0.05, 0.1) is 6.54 Å². The number of fused-ring (bicyclic) bond motifs is 1. The van der Waals surface area contributed by atoms with Crippen molar-refractivity contribution in [3.05, 3.63) is 34.9 Å². The fourth-order valence-electron chi connectivity index (χ4n) is 4.87. The minimum atomic E-state index is -1.20. The number of amides is 3. The summed E-state index contributed by atoms with van der Waals surface area (Å²) in [6, 6.07) is 4.03. The predicted molar refractivity (Wildman–Crippen MR) is 148 cm³/mol.